The van der Waals surface area contributed by atoms with E-state index in [1.54, 1.807) is 18.2 Å². The van der Waals surface area contributed by atoms with Gasteiger partial charge in [-0.25, -0.2) is 13.2 Å². The van der Waals surface area contributed by atoms with Crippen LogP contribution >= 0.6 is 0 Å². The number of aliphatic hydroxyl groups is 1. The number of benzene rings is 3. The molecule has 4 rings (SSSR count). The molecule has 0 heterocycles. The van der Waals surface area contributed by atoms with Gasteiger partial charge in [0.25, 0.3) is 0 Å². The van der Waals surface area contributed by atoms with Crippen LogP contribution in [0.1, 0.15) is 48.1 Å². The predicted octanol–water partition coefficient (Wildman–Crippen LogP) is 5.72. The first-order valence-electron chi connectivity index (χ1n) is 11.9. The molecule has 3 unspecified atom stereocenters. The summed E-state index contributed by atoms with van der Waals surface area (Å²) in [6.07, 6.45) is 3.24. The molecule has 3 nitrogen and oxygen atoms in total. The lowest BCUT2D eigenvalue weighted by Crippen LogP contribution is -2.43. The summed E-state index contributed by atoms with van der Waals surface area (Å²) in [5.41, 5.74) is 4.50. The summed E-state index contributed by atoms with van der Waals surface area (Å²) in [7, 11) is 0. The number of fused-ring (bicyclic) bond motifs is 1. The van der Waals surface area contributed by atoms with Gasteiger partial charge in [0, 0.05) is 18.7 Å². The SMILES string of the molecule is CCc1ccc2c(c1)C(NCC(O)C(Cc1cc(F)cc(F)c1)Nc1ccccc1F)CCC2. The van der Waals surface area contributed by atoms with E-state index in [9.17, 15) is 18.3 Å². The Morgan fingerprint density at radius 2 is 1.74 bits per heavy atom. The third-order valence-electron chi connectivity index (χ3n) is 6.56. The Hall–Kier alpha value is -2.83. The molecule has 3 aromatic carbocycles. The van der Waals surface area contributed by atoms with Crippen LogP contribution in [-0.2, 0) is 19.3 Å². The second-order valence-corrected chi connectivity index (χ2v) is 9.02. The molecule has 0 saturated heterocycles. The summed E-state index contributed by atoms with van der Waals surface area (Å²) in [6.45, 7) is 2.38. The molecule has 180 valence electrons. The van der Waals surface area contributed by atoms with Crippen LogP contribution in [0.2, 0.25) is 0 Å². The highest BCUT2D eigenvalue weighted by Gasteiger charge is 2.25. The summed E-state index contributed by atoms with van der Waals surface area (Å²) in [4.78, 5) is 0. The summed E-state index contributed by atoms with van der Waals surface area (Å²) in [5, 5.41) is 17.6. The van der Waals surface area contributed by atoms with E-state index in [4.69, 9.17) is 0 Å². The van der Waals surface area contributed by atoms with Gasteiger partial charge in [0.15, 0.2) is 0 Å². The molecule has 0 saturated carbocycles. The number of aliphatic hydroxyl groups excluding tert-OH is 1. The van der Waals surface area contributed by atoms with Crippen LogP contribution in [0.4, 0.5) is 18.9 Å². The third-order valence-corrected chi connectivity index (χ3v) is 6.56. The first-order chi connectivity index (χ1) is 16.4. The third kappa shape index (κ3) is 5.99. The van der Waals surface area contributed by atoms with Gasteiger partial charge in [-0.15, -0.1) is 0 Å². The number of hydrogen-bond acceptors (Lipinski definition) is 3. The first kappa shape index (κ1) is 24.3. The molecular formula is C28H31F3N2O. The van der Waals surface area contributed by atoms with Gasteiger partial charge in [-0.3, -0.25) is 0 Å². The van der Waals surface area contributed by atoms with Gasteiger partial charge >= 0.3 is 0 Å². The number of anilines is 1. The van der Waals surface area contributed by atoms with Crippen molar-refractivity contribution >= 4 is 5.69 Å². The van der Waals surface area contributed by atoms with E-state index in [1.165, 1.54) is 34.9 Å². The van der Waals surface area contributed by atoms with E-state index in [-0.39, 0.29) is 24.7 Å². The molecule has 0 bridgehead atoms. The minimum absolute atomic E-state index is 0.116. The maximum Gasteiger partial charge on any atom is 0.146 e. The van der Waals surface area contributed by atoms with Gasteiger partial charge < -0.3 is 15.7 Å². The lowest BCUT2D eigenvalue weighted by atomic mass is 9.86. The normalized spacial score (nSPS) is 17.1. The van der Waals surface area contributed by atoms with Gasteiger partial charge in [0.2, 0.25) is 0 Å². The number of hydrogen-bond donors (Lipinski definition) is 3. The van der Waals surface area contributed by atoms with Crippen LogP contribution in [0.15, 0.2) is 60.7 Å². The van der Waals surface area contributed by atoms with Crippen LogP contribution in [0, 0.1) is 17.5 Å². The number of rotatable bonds is 9. The Labute approximate surface area is 199 Å². The minimum Gasteiger partial charge on any atom is -0.390 e. The van der Waals surface area contributed by atoms with Gasteiger partial charge in [0.1, 0.15) is 17.5 Å². The second kappa shape index (κ2) is 11.1. The van der Waals surface area contributed by atoms with E-state index in [2.05, 4.69) is 35.8 Å². The Morgan fingerprint density at radius 1 is 0.971 bits per heavy atom. The zero-order valence-electron chi connectivity index (χ0n) is 19.3. The Balaban J connectivity index is 1.51. The average molecular weight is 469 g/mol. The Bertz CT molecular complexity index is 1100. The van der Waals surface area contributed by atoms with Crippen molar-refractivity contribution in [2.75, 3.05) is 11.9 Å². The predicted molar refractivity (Wildman–Crippen MR) is 129 cm³/mol. The number of aryl methyl sites for hydroxylation is 2. The fourth-order valence-corrected chi connectivity index (χ4v) is 4.73. The van der Waals surface area contributed by atoms with Crippen molar-refractivity contribution in [1.29, 1.82) is 0 Å². The largest absolute Gasteiger partial charge is 0.390 e. The molecule has 0 aromatic heterocycles. The van der Waals surface area contributed by atoms with Gasteiger partial charge in [-0.2, -0.15) is 0 Å². The van der Waals surface area contributed by atoms with Gasteiger partial charge in [0.05, 0.1) is 17.8 Å². The van der Waals surface area contributed by atoms with E-state index in [1.807, 2.05) is 0 Å². The summed E-state index contributed by atoms with van der Waals surface area (Å²) < 4.78 is 41.9. The van der Waals surface area contributed by atoms with E-state index >= 15 is 0 Å². The highest BCUT2D eigenvalue weighted by Crippen LogP contribution is 2.31. The quantitative estimate of drug-likeness (QED) is 0.377. The number of nitrogens with one attached hydrogen (secondary N) is 2. The summed E-state index contributed by atoms with van der Waals surface area (Å²) >= 11 is 0. The van der Waals surface area contributed by atoms with Crippen molar-refractivity contribution in [3.63, 3.8) is 0 Å². The first-order valence-corrected chi connectivity index (χ1v) is 11.9. The Kier molecular flexibility index (Phi) is 7.91. The zero-order chi connectivity index (χ0) is 24.1. The molecule has 0 radical (unpaired) electrons. The molecule has 1 aliphatic carbocycles. The van der Waals surface area contributed by atoms with Crippen molar-refractivity contribution < 1.29 is 18.3 Å². The monoisotopic (exact) mass is 468 g/mol. The van der Waals surface area contributed by atoms with Crippen LogP contribution in [0.5, 0.6) is 0 Å². The fourth-order valence-electron chi connectivity index (χ4n) is 4.73. The van der Waals surface area contributed by atoms with Crippen molar-refractivity contribution in [1.82, 2.24) is 5.32 Å². The van der Waals surface area contributed by atoms with Crippen LogP contribution in [0.25, 0.3) is 0 Å². The molecule has 0 fully saturated rings. The minimum atomic E-state index is -0.925. The van der Waals surface area contributed by atoms with E-state index in [0.717, 1.165) is 31.7 Å². The highest BCUT2D eigenvalue weighted by atomic mass is 19.1. The maximum atomic E-state index is 14.3. The molecule has 34 heavy (non-hydrogen) atoms. The standard InChI is InChI=1S/C28H31F3N2O/c1-2-18-10-11-20-6-5-9-25(23(20)14-18)32-17-28(34)27(33-26-8-4-3-7-24(26)31)15-19-12-21(29)16-22(30)13-19/h3-4,7-8,10-14,16,25,27-28,32-34H,2,5-6,9,15,17H2,1H3. The topological polar surface area (TPSA) is 44.3 Å². The molecular weight excluding hydrogens is 437 g/mol. The zero-order valence-corrected chi connectivity index (χ0v) is 19.3. The smallest absolute Gasteiger partial charge is 0.146 e. The van der Waals surface area contributed by atoms with Crippen molar-refractivity contribution in [3.8, 4) is 0 Å². The lowest BCUT2D eigenvalue weighted by molar-refractivity contribution is 0.143. The van der Waals surface area contributed by atoms with Crippen molar-refractivity contribution in [2.24, 2.45) is 0 Å². The molecule has 0 aliphatic heterocycles. The second-order valence-electron chi connectivity index (χ2n) is 9.02. The van der Waals surface area contributed by atoms with Crippen molar-refractivity contribution in [3.05, 3.63) is 100 Å². The number of halogens is 3. The van der Waals surface area contributed by atoms with Gasteiger partial charge in [-0.1, -0.05) is 37.3 Å². The molecule has 3 aromatic rings. The number of para-hydroxylation sites is 1. The average Bonchev–Trinajstić information content (AvgIpc) is 2.82. The van der Waals surface area contributed by atoms with Gasteiger partial charge in [-0.05, 0) is 78.6 Å². The molecule has 6 heteroatoms. The van der Waals surface area contributed by atoms with Crippen LogP contribution < -0.4 is 10.6 Å². The summed E-state index contributed by atoms with van der Waals surface area (Å²) in [6, 6.07) is 15.5. The molecule has 0 amide bonds. The molecule has 3 N–H and O–H groups in total. The lowest BCUT2D eigenvalue weighted by Gasteiger charge is -2.31. The molecule has 1 aliphatic rings. The van der Waals surface area contributed by atoms with E-state index in [0.29, 0.717) is 5.56 Å². The van der Waals surface area contributed by atoms with Crippen molar-refractivity contribution in [2.45, 2.75) is 57.2 Å². The van der Waals surface area contributed by atoms with E-state index < -0.39 is 29.6 Å². The van der Waals surface area contributed by atoms with Crippen LogP contribution in [-0.4, -0.2) is 23.8 Å². The maximum absolute atomic E-state index is 14.3. The van der Waals surface area contributed by atoms with Crippen LogP contribution in [0.3, 0.4) is 0 Å². The fraction of sp³-hybridized carbons (Fsp3) is 0.357. The Morgan fingerprint density at radius 3 is 2.47 bits per heavy atom. The molecule has 0 spiro atoms. The summed E-state index contributed by atoms with van der Waals surface area (Å²) in [5.74, 6) is -1.82. The highest BCUT2D eigenvalue weighted by molar-refractivity contribution is 5.46. The molecule has 3 atom stereocenters.